The van der Waals surface area contributed by atoms with Crippen molar-refractivity contribution in [2.24, 2.45) is 11.0 Å². The molecule has 9 heteroatoms. The molecule has 2 rings (SSSR count). The lowest BCUT2D eigenvalue weighted by molar-refractivity contribution is -0.161. The van der Waals surface area contributed by atoms with Crippen LogP contribution in [0.5, 0.6) is 0 Å². The zero-order valence-corrected chi connectivity index (χ0v) is 11.7. The summed E-state index contributed by atoms with van der Waals surface area (Å²) in [5.74, 6) is -2.19. The molecule has 0 spiro atoms. The van der Waals surface area contributed by atoms with Gasteiger partial charge in [-0.3, -0.25) is 4.79 Å². The van der Waals surface area contributed by atoms with Gasteiger partial charge in [-0.05, 0) is 30.7 Å². The number of carboxylic acids is 1. The highest BCUT2D eigenvalue weighted by Crippen LogP contribution is 2.46. The molecule has 0 aromatic carbocycles. The Hall–Kier alpha value is -1.70. The van der Waals surface area contributed by atoms with Gasteiger partial charge in [0.15, 0.2) is 0 Å². The number of nitrogens with zero attached hydrogens (tertiary/aromatic N) is 4. The molecule has 1 amide bonds. The molecular formula is C11H14N4O4S. The second kappa shape index (κ2) is 5.35. The molecule has 108 valence electrons. The quantitative estimate of drug-likeness (QED) is 0.338. The molecule has 0 radical (unpaired) electrons. The Bertz CT molecular complexity index is 541. The second-order valence-corrected chi connectivity index (χ2v) is 5.64. The smallest absolute Gasteiger partial charge is 0.352 e. The standard InChI is InChI=1S/C11H14N4O4S/c1-4(16)7-6-3-5(9(20-2)13-14-12)8(11(18)19)15(6)10(7)17/h4,6-7,9,16H,3H2,1-2H3,(H,18,19). The first kappa shape index (κ1) is 14.7. The third kappa shape index (κ3) is 2.04. The number of amides is 1. The van der Waals surface area contributed by atoms with Crippen molar-refractivity contribution in [2.45, 2.75) is 30.9 Å². The predicted octanol–water partition coefficient (Wildman–Crippen LogP) is 0.936. The number of rotatable bonds is 5. The number of carbonyl (C=O) groups excluding carboxylic acids is 1. The van der Waals surface area contributed by atoms with Gasteiger partial charge in [0, 0.05) is 4.91 Å². The molecule has 1 fully saturated rings. The lowest BCUT2D eigenvalue weighted by Crippen LogP contribution is -2.61. The molecule has 0 aromatic rings. The number of carbonyl (C=O) groups is 2. The first-order valence-electron chi connectivity index (χ1n) is 5.98. The first-order chi connectivity index (χ1) is 9.43. The van der Waals surface area contributed by atoms with Gasteiger partial charge in [0.2, 0.25) is 5.91 Å². The number of aliphatic hydroxyl groups is 1. The van der Waals surface area contributed by atoms with Gasteiger partial charge in [-0.1, -0.05) is 5.11 Å². The van der Waals surface area contributed by atoms with Crippen molar-refractivity contribution in [3.05, 3.63) is 21.7 Å². The number of aliphatic carboxylic acids is 1. The van der Waals surface area contributed by atoms with E-state index in [1.807, 2.05) is 0 Å². The van der Waals surface area contributed by atoms with Crippen molar-refractivity contribution in [2.75, 3.05) is 6.26 Å². The van der Waals surface area contributed by atoms with Crippen molar-refractivity contribution >= 4 is 23.6 Å². The van der Waals surface area contributed by atoms with E-state index in [0.29, 0.717) is 12.0 Å². The van der Waals surface area contributed by atoms with Crippen LogP contribution in [0.4, 0.5) is 0 Å². The van der Waals surface area contributed by atoms with E-state index >= 15 is 0 Å². The zero-order chi connectivity index (χ0) is 15.0. The number of hydrogen-bond acceptors (Lipinski definition) is 5. The van der Waals surface area contributed by atoms with Gasteiger partial charge < -0.3 is 15.1 Å². The van der Waals surface area contributed by atoms with E-state index < -0.39 is 29.3 Å². The van der Waals surface area contributed by atoms with Crippen LogP contribution in [0, 0.1) is 5.92 Å². The molecule has 0 aromatic heterocycles. The largest absolute Gasteiger partial charge is 0.477 e. The van der Waals surface area contributed by atoms with Crippen LogP contribution in [0.3, 0.4) is 0 Å². The van der Waals surface area contributed by atoms with E-state index in [1.54, 1.807) is 6.26 Å². The van der Waals surface area contributed by atoms with Crippen LogP contribution in [0.25, 0.3) is 10.4 Å². The summed E-state index contributed by atoms with van der Waals surface area (Å²) in [6.07, 6.45) is 1.19. The zero-order valence-electron chi connectivity index (χ0n) is 10.9. The van der Waals surface area contributed by atoms with Gasteiger partial charge in [0.05, 0.1) is 18.1 Å². The number of hydrogen-bond donors (Lipinski definition) is 2. The molecule has 4 atom stereocenters. The van der Waals surface area contributed by atoms with Crippen molar-refractivity contribution in [3.63, 3.8) is 0 Å². The van der Waals surface area contributed by atoms with E-state index in [0.717, 1.165) is 0 Å². The Labute approximate surface area is 119 Å². The normalized spacial score (nSPS) is 27.6. The molecular weight excluding hydrogens is 284 g/mol. The Morgan fingerprint density at radius 2 is 2.30 bits per heavy atom. The summed E-state index contributed by atoms with van der Waals surface area (Å²) in [7, 11) is 0. The highest BCUT2D eigenvalue weighted by Gasteiger charge is 2.57. The van der Waals surface area contributed by atoms with Crippen LogP contribution in [-0.2, 0) is 9.59 Å². The molecule has 2 aliphatic heterocycles. The topological polar surface area (TPSA) is 127 Å². The molecule has 4 unspecified atom stereocenters. The van der Waals surface area contributed by atoms with Crippen molar-refractivity contribution in [3.8, 4) is 0 Å². The monoisotopic (exact) mass is 298 g/mol. The number of fused-ring (bicyclic) bond motifs is 1. The minimum atomic E-state index is -1.22. The van der Waals surface area contributed by atoms with Gasteiger partial charge in [-0.15, -0.1) is 0 Å². The van der Waals surface area contributed by atoms with Gasteiger partial charge >= 0.3 is 5.97 Å². The van der Waals surface area contributed by atoms with Crippen molar-refractivity contribution in [1.82, 2.24) is 4.90 Å². The number of aliphatic hydroxyl groups excluding tert-OH is 1. The van der Waals surface area contributed by atoms with Gasteiger partial charge in [-0.25, -0.2) is 4.79 Å². The minimum absolute atomic E-state index is 0.108. The van der Waals surface area contributed by atoms with E-state index in [9.17, 15) is 19.8 Å². The minimum Gasteiger partial charge on any atom is -0.477 e. The molecule has 0 bridgehead atoms. The van der Waals surface area contributed by atoms with Crippen LogP contribution < -0.4 is 0 Å². The fraction of sp³-hybridized carbons (Fsp3) is 0.636. The maximum Gasteiger partial charge on any atom is 0.352 e. The summed E-state index contributed by atoms with van der Waals surface area (Å²) in [5.41, 5.74) is 8.87. The Kier molecular flexibility index (Phi) is 3.94. The third-order valence-corrected chi connectivity index (χ3v) is 4.47. The lowest BCUT2D eigenvalue weighted by Gasteiger charge is -2.44. The highest BCUT2D eigenvalue weighted by molar-refractivity contribution is 7.99. The molecule has 2 heterocycles. The van der Waals surface area contributed by atoms with E-state index in [-0.39, 0.29) is 11.7 Å². The summed E-state index contributed by atoms with van der Waals surface area (Å²) in [6.45, 7) is 1.51. The Balaban J connectivity index is 2.39. The Morgan fingerprint density at radius 1 is 1.65 bits per heavy atom. The summed E-state index contributed by atoms with van der Waals surface area (Å²) < 4.78 is 0. The van der Waals surface area contributed by atoms with E-state index in [1.165, 1.54) is 23.6 Å². The highest BCUT2D eigenvalue weighted by atomic mass is 32.2. The maximum atomic E-state index is 12.0. The fourth-order valence-corrected chi connectivity index (χ4v) is 3.46. The van der Waals surface area contributed by atoms with Crippen LogP contribution in [0.2, 0.25) is 0 Å². The summed E-state index contributed by atoms with van der Waals surface area (Å²) >= 11 is 1.21. The maximum absolute atomic E-state index is 12.0. The predicted molar refractivity (Wildman–Crippen MR) is 71.5 cm³/mol. The molecule has 0 saturated carbocycles. The summed E-state index contributed by atoms with van der Waals surface area (Å²) in [4.78, 5) is 27.3. The summed E-state index contributed by atoms with van der Waals surface area (Å²) in [6, 6.07) is -0.354. The van der Waals surface area contributed by atoms with Crippen LogP contribution in [0.1, 0.15) is 13.3 Å². The SMILES string of the molecule is CSC(N=[N+]=[N-])C1=C(C(=O)O)N2C(=O)C(C(C)O)C2C1. The lowest BCUT2D eigenvalue weighted by atomic mass is 9.83. The molecule has 2 N–H and O–H groups in total. The number of carboxylic acid groups (broad SMARTS) is 1. The van der Waals surface area contributed by atoms with E-state index in [2.05, 4.69) is 10.0 Å². The molecule has 20 heavy (non-hydrogen) atoms. The molecule has 1 saturated heterocycles. The van der Waals surface area contributed by atoms with Crippen LogP contribution >= 0.6 is 11.8 Å². The average Bonchev–Trinajstić information content (AvgIpc) is 2.70. The molecule has 2 aliphatic rings. The summed E-state index contributed by atoms with van der Waals surface area (Å²) in [5, 5.41) is 21.8. The Morgan fingerprint density at radius 3 is 2.75 bits per heavy atom. The van der Waals surface area contributed by atoms with E-state index in [4.69, 9.17) is 5.53 Å². The number of azide groups is 1. The third-order valence-electron chi connectivity index (χ3n) is 3.64. The second-order valence-electron chi connectivity index (χ2n) is 4.72. The van der Waals surface area contributed by atoms with Crippen molar-refractivity contribution in [1.29, 1.82) is 0 Å². The van der Waals surface area contributed by atoms with Gasteiger partial charge in [0.1, 0.15) is 11.1 Å². The van der Waals surface area contributed by atoms with Crippen LogP contribution in [-0.4, -0.2) is 50.8 Å². The number of β-lactam (4-membered cyclic amide) rings is 1. The van der Waals surface area contributed by atoms with Crippen molar-refractivity contribution < 1.29 is 19.8 Å². The molecule has 8 nitrogen and oxygen atoms in total. The molecule has 0 aliphatic carbocycles. The van der Waals surface area contributed by atoms with Gasteiger partial charge in [0.25, 0.3) is 0 Å². The number of thioether (sulfide) groups is 1. The average molecular weight is 298 g/mol. The first-order valence-corrected chi connectivity index (χ1v) is 7.27. The van der Waals surface area contributed by atoms with Gasteiger partial charge in [-0.2, -0.15) is 11.8 Å². The fourth-order valence-electron chi connectivity index (χ4n) is 2.83. The van der Waals surface area contributed by atoms with Crippen LogP contribution in [0.15, 0.2) is 16.4 Å².